The van der Waals surface area contributed by atoms with E-state index in [-0.39, 0.29) is 37.3 Å². The zero-order valence-electron chi connectivity index (χ0n) is 26.9. The van der Waals surface area contributed by atoms with Crippen molar-refractivity contribution in [1.82, 2.24) is 20.9 Å². The molecular weight excluding hydrogens is 596 g/mol. The Morgan fingerprint density at radius 3 is 2.47 bits per heavy atom. The minimum absolute atomic E-state index is 0.00750. The molecule has 5 rings (SSSR count). The first-order chi connectivity index (χ1) is 22.8. The molecule has 10 nitrogen and oxygen atoms in total. The zero-order chi connectivity index (χ0) is 33.0. The second-order valence-electron chi connectivity index (χ2n) is 12.3. The highest BCUT2D eigenvalue weighted by Gasteiger charge is 2.32. The molecule has 3 atom stereocenters. The fraction of sp³-hybridized carbons (Fsp3) is 0.405. The van der Waals surface area contributed by atoms with Gasteiger partial charge in [-0.2, -0.15) is 0 Å². The highest BCUT2D eigenvalue weighted by molar-refractivity contribution is 5.94. The summed E-state index contributed by atoms with van der Waals surface area (Å²) in [4.78, 5) is 55.8. The Morgan fingerprint density at radius 1 is 0.957 bits per heavy atom. The number of hydrogen-bond acceptors (Lipinski definition) is 6. The van der Waals surface area contributed by atoms with Crippen LogP contribution in [0.25, 0.3) is 0 Å². The van der Waals surface area contributed by atoms with Gasteiger partial charge in [-0.25, -0.2) is 4.79 Å². The summed E-state index contributed by atoms with van der Waals surface area (Å²) in [6, 6.07) is 22.6. The fourth-order valence-corrected chi connectivity index (χ4v) is 6.02. The maximum absolute atomic E-state index is 13.9. The number of ether oxygens (including phenoxy) is 2. The van der Waals surface area contributed by atoms with E-state index in [1.54, 1.807) is 4.90 Å². The van der Waals surface area contributed by atoms with Gasteiger partial charge in [0.25, 0.3) is 0 Å². The molecule has 3 aromatic rings. The van der Waals surface area contributed by atoms with Crippen LogP contribution in [0.1, 0.15) is 54.4 Å². The van der Waals surface area contributed by atoms with Crippen LogP contribution in [-0.4, -0.2) is 60.5 Å². The van der Waals surface area contributed by atoms with Gasteiger partial charge in [0.2, 0.25) is 17.7 Å². The van der Waals surface area contributed by atoms with Gasteiger partial charge in [-0.15, -0.1) is 0 Å². The van der Waals surface area contributed by atoms with Crippen molar-refractivity contribution < 1.29 is 28.7 Å². The normalized spacial score (nSPS) is 20.9. The van der Waals surface area contributed by atoms with Crippen LogP contribution < -0.4 is 20.7 Å². The van der Waals surface area contributed by atoms with Crippen molar-refractivity contribution in [3.63, 3.8) is 0 Å². The molecule has 4 amide bonds. The highest BCUT2D eigenvalue weighted by Crippen LogP contribution is 2.23. The number of alkyl carbamates (subject to hydrolysis) is 1. The molecule has 10 heteroatoms. The van der Waals surface area contributed by atoms with Crippen LogP contribution in [0.4, 0.5) is 4.79 Å². The van der Waals surface area contributed by atoms with Gasteiger partial charge in [-0.3, -0.25) is 14.4 Å². The summed E-state index contributed by atoms with van der Waals surface area (Å²) >= 11 is 0. The smallest absolute Gasteiger partial charge is 0.408 e. The van der Waals surface area contributed by atoms with Crippen molar-refractivity contribution in [3.05, 3.63) is 101 Å². The van der Waals surface area contributed by atoms with E-state index in [1.807, 2.05) is 85.8 Å². The lowest BCUT2D eigenvalue weighted by atomic mass is 9.94. The minimum atomic E-state index is -1.24. The van der Waals surface area contributed by atoms with Crippen molar-refractivity contribution in [2.75, 3.05) is 19.7 Å². The number of aryl methyl sites for hydroxylation is 2. The quantitative estimate of drug-likeness (QED) is 0.366. The molecule has 2 aliphatic rings. The predicted molar refractivity (Wildman–Crippen MR) is 177 cm³/mol. The summed E-state index contributed by atoms with van der Waals surface area (Å²) in [5, 5.41) is 8.45. The van der Waals surface area contributed by atoms with Crippen LogP contribution in [0.5, 0.6) is 5.75 Å². The van der Waals surface area contributed by atoms with Crippen molar-refractivity contribution >= 4 is 23.8 Å². The Morgan fingerprint density at radius 2 is 1.70 bits per heavy atom. The van der Waals surface area contributed by atoms with Gasteiger partial charge in [-0.1, -0.05) is 66.7 Å². The second kappa shape index (κ2) is 16.6. The summed E-state index contributed by atoms with van der Waals surface area (Å²) in [6.07, 6.45) is 2.38. The van der Waals surface area contributed by atoms with Gasteiger partial charge in [-0.05, 0) is 79.3 Å². The number of nitrogens with one attached hydrogen (secondary N) is 3. The SMILES string of the molecule is Cc1ccc2cc1CNC(=O)[C@H](CCc1ccccc1)NC(=O)[C@@H](NC(=O)OCc1ccccc1)CC(=O)N1CCC[C@H](CCO2)C1. The lowest BCUT2D eigenvalue weighted by Crippen LogP contribution is -2.55. The number of amides is 4. The molecule has 0 aromatic heterocycles. The first-order valence-electron chi connectivity index (χ1n) is 16.4. The maximum atomic E-state index is 13.9. The molecule has 0 radical (unpaired) electrons. The maximum Gasteiger partial charge on any atom is 0.408 e. The number of hydrogen-bond donors (Lipinski definition) is 3. The van der Waals surface area contributed by atoms with E-state index in [2.05, 4.69) is 16.0 Å². The van der Waals surface area contributed by atoms with Crippen molar-refractivity contribution in [2.24, 2.45) is 5.92 Å². The third-order valence-electron chi connectivity index (χ3n) is 8.84. The van der Waals surface area contributed by atoms with E-state index >= 15 is 0 Å². The van der Waals surface area contributed by atoms with Gasteiger partial charge >= 0.3 is 6.09 Å². The first kappa shape index (κ1) is 33.5. The zero-order valence-corrected chi connectivity index (χ0v) is 26.9. The predicted octanol–water partition coefficient (Wildman–Crippen LogP) is 4.44. The lowest BCUT2D eigenvalue weighted by Gasteiger charge is -2.34. The topological polar surface area (TPSA) is 126 Å². The molecule has 3 aromatic carbocycles. The van der Waals surface area contributed by atoms with E-state index in [0.717, 1.165) is 47.3 Å². The summed E-state index contributed by atoms with van der Waals surface area (Å²) in [6.45, 7) is 3.87. The molecule has 4 bridgehead atoms. The van der Waals surface area contributed by atoms with Crippen LogP contribution in [0.3, 0.4) is 0 Å². The molecule has 248 valence electrons. The van der Waals surface area contributed by atoms with Crippen LogP contribution >= 0.6 is 0 Å². The fourth-order valence-electron chi connectivity index (χ4n) is 6.02. The summed E-state index contributed by atoms with van der Waals surface area (Å²) in [5.41, 5.74) is 3.73. The van der Waals surface area contributed by atoms with E-state index in [0.29, 0.717) is 32.5 Å². The molecule has 1 saturated heterocycles. The number of rotatable bonds is 6. The molecule has 2 aliphatic heterocycles. The molecule has 0 unspecified atom stereocenters. The van der Waals surface area contributed by atoms with Gasteiger partial charge in [0.05, 0.1) is 13.0 Å². The molecule has 3 N–H and O–H groups in total. The van der Waals surface area contributed by atoms with Crippen LogP contribution in [-0.2, 0) is 38.7 Å². The Kier molecular flexibility index (Phi) is 11.9. The summed E-state index contributed by atoms with van der Waals surface area (Å²) < 4.78 is 11.5. The summed E-state index contributed by atoms with van der Waals surface area (Å²) in [5.74, 6) is -0.240. The molecule has 2 heterocycles. The van der Waals surface area contributed by atoms with Gasteiger partial charge in [0, 0.05) is 19.6 Å². The van der Waals surface area contributed by atoms with Gasteiger partial charge < -0.3 is 30.3 Å². The van der Waals surface area contributed by atoms with Crippen LogP contribution in [0.15, 0.2) is 78.9 Å². The number of benzene rings is 3. The van der Waals surface area contributed by atoms with Crippen molar-refractivity contribution in [1.29, 1.82) is 0 Å². The first-order valence-corrected chi connectivity index (χ1v) is 16.4. The Bertz CT molecular complexity index is 1520. The van der Waals surface area contributed by atoms with Crippen LogP contribution in [0.2, 0.25) is 0 Å². The second-order valence-corrected chi connectivity index (χ2v) is 12.3. The molecule has 1 fully saturated rings. The average molecular weight is 641 g/mol. The molecule has 0 aliphatic carbocycles. The van der Waals surface area contributed by atoms with E-state index < -0.39 is 24.1 Å². The number of carbonyl (C=O) groups is 4. The van der Waals surface area contributed by atoms with Gasteiger partial charge in [0.15, 0.2) is 0 Å². The van der Waals surface area contributed by atoms with Crippen molar-refractivity contribution in [3.8, 4) is 5.75 Å². The lowest BCUT2D eigenvalue weighted by molar-refractivity contribution is -0.137. The monoisotopic (exact) mass is 640 g/mol. The number of fused-ring (bicyclic) bond motifs is 4. The third-order valence-corrected chi connectivity index (χ3v) is 8.84. The highest BCUT2D eigenvalue weighted by atomic mass is 16.5. The Hall–Kier alpha value is -4.86. The van der Waals surface area contributed by atoms with E-state index in [9.17, 15) is 19.2 Å². The Balaban J connectivity index is 1.37. The largest absolute Gasteiger partial charge is 0.494 e. The molecule has 0 saturated carbocycles. The molecule has 47 heavy (non-hydrogen) atoms. The van der Waals surface area contributed by atoms with E-state index in [1.165, 1.54) is 0 Å². The standard InChI is InChI=1S/C37H44N4O6/c1-26-14-16-31-21-30(26)23-38-35(43)32(17-15-27-9-4-2-5-10-27)39-36(44)33(40-37(45)47-25-29-11-6-3-7-12-29)22-34(42)41-19-8-13-28(24-41)18-20-46-31/h2-7,9-12,14,16,21,28,32-33H,8,13,15,17-20,22-25H2,1H3,(H,38,43)(H,39,44)(H,40,45)/t28-,32+,33+/m1/s1. The number of nitrogens with zero attached hydrogens (tertiary/aromatic N) is 1. The molecular formula is C37H44N4O6. The summed E-state index contributed by atoms with van der Waals surface area (Å²) in [7, 11) is 0. The van der Waals surface area contributed by atoms with Gasteiger partial charge in [0.1, 0.15) is 24.4 Å². The van der Waals surface area contributed by atoms with Crippen LogP contribution in [0, 0.1) is 12.8 Å². The average Bonchev–Trinajstić information content (AvgIpc) is 3.09. The molecule has 0 spiro atoms. The number of piperidine rings is 1. The van der Waals surface area contributed by atoms with Crippen molar-refractivity contribution in [2.45, 2.75) is 70.7 Å². The Labute approximate surface area is 276 Å². The minimum Gasteiger partial charge on any atom is -0.494 e. The third kappa shape index (κ3) is 10.1. The number of carbonyl (C=O) groups excluding carboxylic acids is 4. The van der Waals surface area contributed by atoms with E-state index in [4.69, 9.17) is 9.47 Å².